The fourth-order valence-corrected chi connectivity index (χ4v) is 5.22. The summed E-state index contributed by atoms with van der Waals surface area (Å²) >= 11 is 1.85. The minimum absolute atomic E-state index is 0. The van der Waals surface area contributed by atoms with Crippen molar-refractivity contribution in [2.24, 2.45) is 10.9 Å². The maximum absolute atomic E-state index is 5.17. The Labute approximate surface area is 212 Å². The first kappa shape index (κ1) is 25.4. The molecule has 4 rings (SSSR count). The number of nitrogens with zero attached hydrogens (tertiary/aromatic N) is 5. The molecule has 10 heteroatoms. The number of aryl methyl sites for hydroxylation is 1. The van der Waals surface area contributed by atoms with Gasteiger partial charge in [0.05, 0.1) is 6.54 Å². The number of aromatic nitrogens is 3. The van der Waals surface area contributed by atoms with Crippen molar-refractivity contribution in [2.45, 2.75) is 58.3 Å². The molecule has 1 saturated heterocycles. The predicted molar refractivity (Wildman–Crippen MR) is 140 cm³/mol. The Morgan fingerprint density at radius 3 is 3.03 bits per heavy atom. The summed E-state index contributed by atoms with van der Waals surface area (Å²) in [5.74, 6) is 3.36. The normalized spacial score (nSPS) is 21.6. The van der Waals surface area contributed by atoms with Crippen molar-refractivity contribution in [1.29, 1.82) is 0 Å². The lowest BCUT2D eigenvalue weighted by molar-refractivity contribution is 0.172. The summed E-state index contributed by atoms with van der Waals surface area (Å²) in [6.07, 6.45) is 4.48. The third kappa shape index (κ3) is 7.13. The molecule has 0 aliphatic carbocycles. The number of aliphatic imine (C=N–C) groups is 1. The minimum Gasteiger partial charge on any atom is -0.377 e. The van der Waals surface area contributed by atoms with Crippen molar-refractivity contribution in [2.75, 3.05) is 33.3 Å². The van der Waals surface area contributed by atoms with Crippen LogP contribution in [-0.4, -0.2) is 65.0 Å². The van der Waals surface area contributed by atoms with Gasteiger partial charge in [0.2, 0.25) is 0 Å². The molecule has 1 fully saturated rings. The van der Waals surface area contributed by atoms with E-state index in [1.54, 1.807) is 7.11 Å². The van der Waals surface area contributed by atoms with Gasteiger partial charge in [-0.1, -0.05) is 6.07 Å². The van der Waals surface area contributed by atoms with E-state index in [4.69, 9.17) is 9.73 Å². The average Bonchev–Trinajstić information content (AvgIpc) is 3.42. The van der Waals surface area contributed by atoms with Crippen LogP contribution in [0.4, 0.5) is 0 Å². The zero-order valence-electron chi connectivity index (χ0n) is 19.1. The van der Waals surface area contributed by atoms with Crippen molar-refractivity contribution < 1.29 is 4.74 Å². The number of fused-ring (bicyclic) bond motifs is 1. The van der Waals surface area contributed by atoms with Gasteiger partial charge < -0.3 is 15.4 Å². The van der Waals surface area contributed by atoms with Gasteiger partial charge in [-0.05, 0) is 50.1 Å². The van der Waals surface area contributed by atoms with E-state index < -0.39 is 0 Å². The third-order valence-electron chi connectivity index (χ3n) is 5.93. The summed E-state index contributed by atoms with van der Waals surface area (Å²) in [6.45, 7) is 8.54. The third-order valence-corrected chi connectivity index (χ3v) is 6.79. The molecule has 4 heterocycles. The van der Waals surface area contributed by atoms with Crippen LogP contribution < -0.4 is 10.6 Å². The van der Waals surface area contributed by atoms with E-state index in [2.05, 4.69) is 50.1 Å². The standard InChI is InChI=1S/C22H35N7OS.HI/c1-3-23-22(25-18-8-9-21-26-20(16-30-2)27-29(21)14-18)24-12-17-6-4-10-28(13-17)15-19-7-5-11-31-19;/h5,7,11,17-18H,3-4,6,8-10,12-16H2,1-2H3,(H2,23,24,25);1H. The van der Waals surface area contributed by atoms with E-state index in [0.29, 0.717) is 18.6 Å². The number of rotatable bonds is 8. The van der Waals surface area contributed by atoms with Crippen LogP contribution in [0.25, 0.3) is 0 Å². The van der Waals surface area contributed by atoms with Gasteiger partial charge in [-0.15, -0.1) is 35.3 Å². The van der Waals surface area contributed by atoms with E-state index >= 15 is 0 Å². The Bertz CT molecular complexity index is 841. The van der Waals surface area contributed by atoms with Gasteiger partial charge >= 0.3 is 0 Å². The quantitative estimate of drug-likeness (QED) is 0.288. The molecule has 0 spiro atoms. The Balaban J connectivity index is 0.00000289. The van der Waals surface area contributed by atoms with Crippen LogP contribution in [0, 0.1) is 5.92 Å². The van der Waals surface area contributed by atoms with E-state index in [-0.39, 0.29) is 24.0 Å². The second-order valence-corrected chi connectivity index (χ2v) is 9.51. The molecule has 2 aromatic heterocycles. The number of methoxy groups -OCH3 is 1. The highest BCUT2D eigenvalue weighted by Gasteiger charge is 2.23. The molecule has 2 N–H and O–H groups in total. The smallest absolute Gasteiger partial charge is 0.191 e. The summed E-state index contributed by atoms with van der Waals surface area (Å²) in [6, 6.07) is 4.69. The first-order valence-corrected chi connectivity index (χ1v) is 12.3. The van der Waals surface area contributed by atoms with Crippen molar-refractivity contribution >= 4 is 41.3 Å². The average molecular weight is 574 g/mol. The van der Waals surface area contributed by atoms with Crippen LogP contribution in [-0.2, 0) is 30.9 Å². The molecule has 2 aliphatic rings. The van der Waals surface area contributed by atoms with Crippen LogP contribution in [0.5, 0.6) is 0 Å². The molecule has 0 bridgehead atoms. The van der Waals surface area contributed by atoms with Crippen LogP contribution in [0.3, 0.4) is 0 Å². The summed E-state index contributed by atoms with van der Waals surface area (Å²) in [5, 5.41) is 13.8. The van der Waals surface area contributed by atoms with Crippen molar-refractivity contribution in [3.05, 3.63) is 34.0 Å². The van der Waals surface area contributed by atoms with Gasteiger partial charge in [0, 0.05) is 50.6 Å². The predicted octanol–water partition coefficient (Wildman–Crippen LogP) is 2.89. The Morgan fingerprint density at radius 2 is 2.25 bits per heavy atom. The fourth-order valence-electron chi connectivity index (χ4n) is 4.47. The highest BCUT2D eigenvalue weighted by atomic mass is 127. The van der Waals surface area contributed by atoms with Crippen molar-refractivity contribution in [3.8, 4) is 0 Å². The number of hydrogen-bond donors (Lipinski definition) is 2. The molecular formula is C22H36IN7OS. The highest BCUT2D eigenvalue weighted by Crippen LogP contribution is 2.21. The maximum atomic E-state index is 5.17. The van der Waals surface area contributed by atoms with Crippen LogP contribution in [0.15, 0.2) is 22.5 Å². The van der Waals surface area contributed by atoms with Gasteiger partial charge in [-0.3, -0.25) is 9.89 Å². The number of piperidine rings is 1. The molecule has 0 saturated carbocycles. The number of hydrogen-bond acceptors (Lipinski definition) is 6. The van der Waals surface area contributed by atoms with E-state index in [1.165, 1.54) is 24.3 Å². The van der Waals surface area contributed by atoms with E-state index in [0.717, 1.165) is 63.2 Å². The van der Waals surface area contributed by atoms with Crippen LogP contribution >= 0.6 is 35.3 Å². The molecule has 8 nitrogen and oxygen atoms in total. The Morgan fingerprint density at radius 1 is 1.34 bits per heavy atom. The Hall–Kier alpha value is -1.24. The Kier molecular flexibility index (Phi) is 10.2. The molecule has 0 amide bonds. The van der Waals surface area contributed by atoms with Gasteiger partial charge in [-0.2, -0.15) is 5.10 Å². The first-order chi connectivity index (χ1) is 15.2. The number of halogens is 1. The zero-order valence-corrected chi connectivity index (χ0v) is 22.3. The van der Waals surface area contributed by atoms with Gasteiger partial charge in [0.25, 0.3) is 0 Å². The molecule has 0 aromatic carbocycles. The number of ether oxygens (including phenoxy) is 1. The van der Waals surface area contributed by atoms with Gasteiger partial charge in [-0.25, -0.2) is 9.67 Å². The molecule has 2 aliphatic heterocycles. The molecule has 178 valence electrons. The van der Waals surface area contributed by atoms with E-state index in [9.17, 15) is 0 Å². The second kappa shape index (κ2) is 12.9. The first-order valence-electron chi connectivity index (χ1n) is 11.4. The zero-order chi connectivity index (χ0) is 21.5. The number of likely N-dealkylation sites (tertiary alicyclic amines) is 1. The largest absolute Gasteiger partial charge is 0.377 e. The van der Waals surface area contributed by atoms with Crippen molar-refractivity contribution in [3.63, 3.8) is 0 Å². The fraction of sp³-hybridized carbons (Fsp3) is 0.682. The van der Waals surface area contributed by atoms with Gasteiger partial charge in [0.15, 0.2) is 11.8 Å². The SMILES string of the molecule is CCNC(=NCC1CCCN(Cc2cccs2)C1)NC1CCc2nc(COC)nn2C1.I. The summed E-state index contributed by atoms with van der Waals surface area (Å²) in [5.41, 5.74) is 0. The lowest BCUT2D eigenvalue weighted by atomic mass is 9.98. The van der Waals surface area contributed by atoms with Crippen LogP contribution in [0.2, 0.25) is 0 Å². The molecule has 2 atom stereocenters. The summed E-state index contributed by atoms with van der Waals surface area (Å²) in [7, 11) is 1.68. The molecule has 2 aromatic rings. The number of thiophene rings is 1. The van der Waals surface area contributed by atoms with Crippen molar-refractivity contribution in [1.82, 2.24) is 30.3 Å². The topological polar surface area (TPSA) is 79.6 Å². The van der Waals surface area contributed by atoms with E-state index in [1.807, 2.05) is 16.0 Å². The lowest BCUT2D eigenvalue weighted by Gasteiger charge is -2.32. The maximum Gasteiger partial charge on any atom is 0.191 e. The minimum atomic E-state index is 0. The second-order valence-electron chi connectivity index (χ2n) is 8.48. The molecule has 32 heavy (non-hydrogen) atoms. The number of guanidine groups is 1. The molecular weight excluding hydrogens is 537 g/mol. The monoisotopic (exact) mass is 573 g/mol. The van der Waals surface area contributed by atoms with Gasteiger partial charge in [0.1, 0.15) is 12.4 Å². The summed E-state index contributed by atoms with van der Waals surface area (Å²) < 4.78 is 7.19. The summed E-state index contributed by atoms with van der Waals surface area (Å²) in [4.78, 5) is 13.6. The lowest BCUT2D eigenvalue weighted by Crippen LogP contribution is -2.47. The molecule has 0 radical (unpaired) electrons. The van der Waals surface area contributed by atoms with Crippen LogP contribution in [0.1, 0.15) is 42.7 Å². The molecule has 2 unspecified atom stereocenters. The number of nitrogens with one attached hydrogen (secondary N) is 2. The highest BCUT2D eigenvalue weighted by molar-refractivity contribution is 14.0.